The van der Waals surface area contributed by atoms with Gasteiger partial charge in [-0.1, -0.05) is 6.07 Å². The van der Waals surface area contributed by atoms with Crippen molar-refractivity contribution in [3.05, 3.63) is 29.6 Å². The Morgan fingerprint density at radius 3 is 2.43 bits per heavy atom. The second kappa shape index (κ2) is 11.0. The molecule has 2 aliphatic rings. The number of rotatable bonds is 7. The normalized spacial score (nSPS) is 20.1. The first kappa shape index (κ1) is 26.4. The van der Waals surface area contributed by atoms with Crippen molar-refractivity contribution in [2.75, 3.05) is 26.7 Å². The van der Waals surface area contributed by atoms with Gasteiger partial charge in [-0.2, -0.15) is 0 Å². The second-order valence-corrected chi connectivity index (χ2v) is 8.75. The van der Waals surface area contributed by atoms with Crippen molar-refractivity contribution in [2.24, 2.45) is 5.92 Å². The minimum atomic E-state index is -4.94. The number of piperidine rings is 1. The molecule has 3 N–H and O–H groups in total. The number of benzene rings is 1. The molecule has 194 valence electrons. The SMILES string of the molecule is CNC(=O)N1CC(CNC(C)=O)C[C@@H](N(C(=O)NCc2ccc(OC(F)(F)F)cc2F)C2CC2)C1. The van der Waals surface area contributed by atoms with Crippen molar-refractivity contribution >= 4 is 18.0 Å². The third-order valence-corrected chi connectivity index (χ3v) is 5.91. The smallest absolute Gasteiger partial charge is 0.406 e. The summed E-state index contributed by atoms with van der Waals surface area (Å²) in [7, 11) is 1.51. The van der Waals surface area contributed by atoms with Gasteiger partial charge in [0.05, 0.1) is 6.04 Å². The molecule has 2 atom stereocenters. The fraction of sp³-hybridized carbons (Fsp3) is 0.591. The number of nitrogens with zero attached hydrogens (tertiary/aromatic N) is 2. The number of nitrogens with one attached hydrogen (secondary N) is 3. The Morgan fingerprint density at radius 2 is 1.86 bits per heavy atom. The molecule has 2 fully saturated rings. The van der Waals surface area contributed by atoms with Crippen LogP contribution in [0.15, 0.2) is 18.2 Å². The van der Waals surface area contributed by atoms with Gasteiger partial charge in [0.15, 0.2) is 0 Å². The highest BCUT2D eigenvalue weighted by Gasteiger charge is 2.42. The van der Waals surface area contributed by atoms with Crippen LogP contribution in [-0.2, 0) is 11.3 Å². The first-order chi connectivity index (χ1) is 16.5. The monoisotopic (exact) mass is 503 g/mol. The van der Waals surface area contributed by atoms with E-state index in [4.69, 9.17) is 0 Å². The van der Waals surface area contributed by atoms with E-state index in [9.17, 15) is 31.9 Å². The Hall–Kier alpha value is -3.25. The molecule has 1 saturated heterocycles. The maximum absolute atomic E-state index is 14.3. The number of carbonyl (C=O) groups excluding carboxylic acids is 3. The van der Waals surface area contributed by atoms with Gasteiger partial charge in [0, 0.05) is 57.8 Å². The largest absolute Gasteiger partial charge is 0.573 e. The lowest BCUT2D eigenvalue weighted by Crippen LogP contribution is -2.59. The van der Waals surface area contributed by atoms with E-state index in [1.54, 1.807) is 9.80 Å². The van der Waals surface area contributed by atoms with E-state index in [2.05, 4.69) is 20.7 Å². The molecule has 1 unspecified atom stereocenters. The average Bonchev–Trinajstić information content (AvgIpc) is 3.60. The van der Waals surface area contributed by atoms with E-state index in [1.165, 1.54) is 14.0 Å². The van der Waals surface area contributed by atoms with Gasteiger partial charge >= 0.3 is 18.4 Å². The molecule has 0 aromatic heterocycles. The first-order valence-electron chi connectivity index (χ1n) is 11.3. The van der Waals surface area contributed by atoms with Crippen LogP contribution >= 0.6 is 0 Å². The van der Waals surface area contributed by atoms with Crippen LogP contribution in [-0.4, -0.2) is 72.9 Å². The predicted octanol–water partition coefficient (Wildman–Crippen LogP) is 2.56. The number of carbonyl (C=O) groups is 3. The highest BCUT2D eigenvalue weighted by molar-refractivity contribution is 5.76. The van der Waals surface area contributed by atoms with Gasteiger partial charge in [-0.05, 0) is 31.2 Å². The van der Waals surface area contributed by atoms with Crippen LogP contribution in [0.4, 0.5) is 27.2 Å². The molecule has 0 bridgehead atoms. The van der Waals surface area contributed by atoms with E-state index in [1.807, 2.05) is 0 Å². The quantitative estimate of drug-likeness (QED) is 0.498. The highest BCUT2D eigenvalue weighted by atomic mass is 19.4. The van der Waals surface area contributed by atoms with Gasteiger partial charge in [-0.3, -0.25) is 4.79 Å². The molecular formula is C22H29F4N5O4. The molecule has 1 aliphatic carbocycles. The second-order valence-electron chi connectivity index (χ2n) is 8.75. The Kier molecular flexibility index (Phi) is 8.28. The van der Waals surface area contributed by atoms with Gasteiger partial charge in [-0.25, -0.2) is 14.0 Å². The maximum atomic E-state index is 14.3. The van der Waals surface area contributed by atoms with E-state index in [0.717, 1.165) is 25.0 Å². The van der Waals surface area contributed by atoms with Crippen LogP contribution < -0.4 is 20.7 Å². The summed E-state index contributed by atoms with van der Waals surface area (Å²) in [5, 5.41) is 7.99. The molecule has 5 amide bonds. The number of amides is 5. The summed E-state index contributed by atoms with van der Waals surface area (Å²) >= 11 is 0. The predicted molar refractivity (Wildman–Crippen MR) is 117 cm³/mol. The van der Waals surface area contributed by atoms with Crippen LogP contribution in [0.1, 0.15) is 31.7 Å². The summed E-state index contributed by atoms with van der Waals surface area (Å²) in [6.45, 7) is 2.26. The molecule has 35 heavy (non-hydrogen) atoms. The summed E-state index contributed by atoms with van der Waals surface area (Å²) in [4.78, 5) is 40.1. The van der Waals surface area contributed by atoms with E-state index < -0.39 is 24.0 Å². The molecule has 1 heterocycles. The topological polar surface area (TPSA) is 103 Å². The number of halogens is 4. The molecule has 1 aliphatic heterocycles. The van der Waals surface area contributed by atoms with Gasteiger partial charge in [-0.15, -0.1) is 13.2 Å². The molecule has 1 aromatic carbocycles. The lowest BCUT2D eigenvalue weighted by Gasteiger charge is -2.42. The van der Waals surface area contributed by atoms with E-state index in [0.29, 0.717) is 32.1 Å². The summed E-state index contributed by atoms with van der Waals surface area (Å²) in [6.07, 6.45) is -2.79. The first-order valence-corrected chi connectivity index (χ1v) is 11.3. The Bertz CT molecular complexity index is 941. The Balaban J connectivity index is 1.68. The van der Waals surface area contributed by atoms with Crippen molar-refractivity contribution in [2.45, 2.75) is 51.2 Å². The summed E-state index contributed by atoms with van der Waals surface area (Å²) < 4.78 is 55.0. The van der Waals surface area contributed by atoms with Gasteiger partial charge in [0.1, 0.15) is 11.6 Å². The highest BCUT2D eigenvalue weighted by Crippen LogP contribution is 2.33. The Labute approximate surface area is 200 Å². The standard InChI is InChI=1S/C22H29F4N5O4/c1-13(32)28-9-14-7-17(12-30(11-14)20(33)27-2)31(16-4-5-16)21(34)29-10-15-3-6-18(8-19(15)23)35-22(24,25)26/h3,6,8,14,16-17H,4-5,7,9-12H2,1-2H3,(H,27,33)(H,28,32)(H,29,34)/t14?,17-/m1/s1. The number of likely N-dealkylation sites (tertiary alicyclic amines) is 1. The third-order valence-electron chi connectivity index (χ3n) is 5.91. The zero-order valence-corrected chi connectivity index (χ0v) is 19.5. The van der Waals surface area contributed by atoms with Gasteiger partial charge < -0.3 is 30.5 Å². The van der Waals surface area contributed by atoms with E-state index in [-0.39, 0.29) is 42.0 Å². The summed E-state index contributed by atoms with van der Waals surface area (Å²) in [6, 6.07) is 1.62. The number of urea groups is 2. The number of hydrogen-bond donors (Lipinski definition) is 3. The molecule has 1 aromatic rings. The minimum absolute atomic E-state index is 0.00258. The zero-order chi connectivity index (χ0) is 25.8. The lowest BCUT2D eigenvalue weighted by atomic mass is 9.93. The van der Waals surface area contributed by atoms with Crippen molar-refractivity contribution < 1.29 is 36.7 Å². The van der Waals surface area contributed by atoms with Gasteiger partial charge in [0.2, 0.25) is 5.91 Å². The van der Waals surface area contributed by atoms with Crippen LogP contribution in [0, 0.1) is 11.7 Å². The van der Waals surface area contributed by atoms with Crippen LogP contribution in [0.5, 0.6) is 5.75 Å². The third kappa shape index (κ3) is 7.62. The van der Waals surface area contributed by atoms with Crippen molar-refractivity contribution in [1.82, 2.24) is 25.8 Å². The molecule has 9 nitrogen and oxygen atoms in total. The average molecular weight is 503 g/mol. The molecule has 1 saturated carbocycles. The van der Waals surface area contributed by atoms with Crippen LogP contribution in [0.2, 0.25) is 0 Å². The van der Waals surface area contributed by atoms with E-state index >= 15 is 0 Å². The molecular weight excluding hydrogens is 474 g/mol. The fourth-order valence-electron chi connectivity index (χ4n) is 4.25. The number of alkyl halides is 3. The molecule has 3 rings (SSSR count). The molecule has 0 spiro atoms. The zero-order valence-electron chi connectivity index (χ0n) is 19.5. The molecule has 0 radical (unpaired) electrons. The minimum Gasteiger partial charge on any atom is -0.406 e. The maximum Gasteiger partial charge on any atom is 0.573 e. The molecule has 13 heteroatoms. The summed E-state index contributed by atoms with van der Waals surface area (Å²) in [5.74, 6) is -1.89. The number of hydrogen-bond acceptors (Lipinski definition) is 4. The van der Waals surface area contributed by atoms with Crippen molar-refractivity contribution in [1.29, 1.82) is 0 Å². The fourth-order valence-corrected chi connectivity index (χ4v) is 4.25. The summed E-state index contributed by atoms with van der Waals surface area (Å²) in [5.41, 5.74) is 0.00258. The lowest BCUT2D eigenvalue weighted by molar-refractivity contribution is -0.274. The Morgan fingerprint density at radius 1 is 1.14 bits per heavy atom. The number of ether oxygens (including phenoxy) is 1. The van der Waals surface area contributed by atoms with Crippen molar-refractivity contribution in [3.63, 3.8) is 0 Å². The van der Waals surface area contributed by atoms with Crippen LogP contribution in [0.25, 0.3) is 0 Å². The van der Waals surface area contributed by atoms with Crippen LogP contribution in [0.3, 0.4) is 0 Å². The van der Waals surface area contributed by atoms with Gasteiger partial charge in [0.25, 0.3) is 0 Å². The van der Waals surface area contributed by atoms with Crippen molar-refractivity contribution in [3.8, 4) is 5.75 Å².